The number of carbonyl (C=O) groups is 1. The molecule has 0 aliphatic heterocycles. The Morgan fingerprint density at radius 1 is 1.64 bits per heavy atom. The highest BCUT2D eigenvalue weighted by Gasteiger charge is 2.46. The van der Waals surface area contributed by atoms with Gasteiger partial charge < -0.3 is 4.79 Å². The normalized spacial score (nSPS) is 46.6. The van der Waals surface area contributed by atoms with E-state index in [9.17, 15) is 4.79 Å². The van der Waals surface area contributed by atoms with Gasteiger partial charge in [0.05, 0.1) is 0 Å². The van der Waals surface area contributed by atoms with E-state index in [1.54, 1.807) is 0 Å². The van der Waals surface area contributed by atoms with Gasteiger partial charge in [-0.1, -0.05) is 19.1 Å². The van der Waals surface area contributed by atoms with Gasteiger partial charge in [0.25, 0.3) is 0 Å². The highest BCUT2D eigenvalue weighted by Crippen LogP contribution is 2.52. The van der Waals surface area contributed by atoms with Gasteiger partial charge in [0, 0.05) is 5.41 Å². The number of rotatable bonds is 2. The fourth-order valence-electron chi connectivity index (χ4n) is 2.62. The average Bonchev–Trinajstić information content (AvgIpc) is 2.62. The van der Waals surface area contributed by atoms with Crippen molar-refractivity contribution in [3.63, 3.8) is 0 Å². The molecule has 60 valence electrons. The number of hydrogen-bond donors (Lipinski definition) is 0. The minimum atomic E-state index is 0.0272. The van der Waals surface area contributed by atoms with Crippen molar-refractivity contribution in [3.8, 4) is 0 Å². The molecule has 0 unspecified atom stereocenters. The molecule has 2 aliphatic rings. The summed E-state index contributed by atoms with van der Waals surface area (Å²) in [5, 5.41) is 0. The van der Waals surface area contributed by atoms with Crippen molar-refractivity contribution in [1.82, 2.24) is 0 Å². The maximum absolute atomic E-state index is 10.9. The molecule has 3 atom stereocenters. The molecule has 0 N–H and O–H groups in total. The summed E-state index contributed by atoms with van der Waals surface area (Å²) in [6, 6.07) is 0. The zero-order chi connectivity index (χ0) is 7.90. The van der Waals surface area contributed by atoms with Crippen molar-refractivity contribution >= 4 is 6.29 Å². The minimum absolute atomic E-state index is 0.0272. The Bertz CT molecular complexity index is 207. The Hall–Kier alpha value is -0.590. The van der Waals surface area contributed by atoms with Crippen LogP contribution in [-0.4, -0.2) is 6.29 Å². The Morgan fingerprint density at radius 3 is 2.73 bits per heavy atom. The monoisotopic (exact) mass is 150 g/mol. The molecule has 1 nitrogen and oxygen atoms in total. The molecule has 2 bridgehead atoms. The van der Waals surface area contributed by atoms with Crippen LogP contribution in [0.5, 0.6) is 0 Å². The van der Waals surface area contributed by atoms with Crippen LogP contribution in [0.25, 0.3) is 0 Å². The smallest absolute Gasteiger partial charge is 0.126 e. The molecule has 0 aromatic heterocycles. The van der Waals surface area contributed by atoms with Crippen molar-refractivity contribution in [2.24, 2.45) is 17.3 Å². The molecule has 0 saturated heterocycles. The van der Waals surface area contributed by atoms with Crippen LogP contribution in [0.1, 0.15) is 26.2 Å². The average molecular weight is 150 g/mol. The Balaban J connectivity index is 2.28. The molecule has 0 amide bonds. The molecular weight excluding hydrogens is 136 g/mol. The molecule has 0 heterocycles. The largest absolute Gasteiger partial charge is 0.303 e. The minimum Gasteiger partial charge on any atom is -0.303 e. The predicted molar refractivity (Wildman–Crippen MR) is 44.1 cm³/mol. The van der Waals surface area contributed by atoms with Gasteiger partial charge >= 0.3 is 0 Å². The van der Waals surface area contributed by atoms with E-state index in [1.807, 2.05) is 0 Å². The highest BCUT2D eigenvalue weighted by molar-refractivity contribution is 5.62. The first-order valence-corrected chi connectivity index (χ1v) is 4.45. The molecular formula is C10H14O. The van der Waals surface area contributed by atoms with Gasteiger partial charge in [-0.15, -0.1) is 0 Å². The summed E-state index contributed by atoms with van der Waals surface area (Å²) in [5.74, 6) is 1.28. The van der Waals surface area contributed by atoms with Gasteiger partial charge in [-0.25, -0.2) is 0 Å². The Morgan fingerprint density at radius 2 is 2.45 bits per heavy atom. The van der Waals surface area contributed by atoms with Gasteiger partial charge in [-0.3, -0.25) is 0 Å². The molecule has 0 aromatic carbocycles. The molecule has 11 heavy (non-hydrogen) atoms. The summed E-state index contributed by atoms with van der Waals surface area (Å²) in [6.45, 7) is 2.13. The van der Waals surface area contributed by atoms with E-state index in [0.29, 0.717) is 11.8 Å². The highest BCUT2D eigenvalue weighted by atomic mass is 16.1. The standard InChI is InChI=1S/C10H14O/c1-2-10(7-11)6-8-3-4-9(10)5-8/h3-4,7-9H,2,5-6H2,1H3/t8-,9+,10+/m0/s1. The Labute approximate surface area is 67.5 Å². The first-order valence-electron chi connectivity index (χ1n) is 4.45. The second-order valence-corrected chi connectivity index (χ2v) is 3.90. The van der Waals surface area contributed by atoms with Crippen LogP contribution in [0.2, 0.25) is 0 Å². The fourth-order valence-corrected chi connectivity index (χ4v) is 2.62. The van der Waals surface area contributed by atoms with Gasteiger partial charge in [0.1, 0.15) is 6.29 Å². The molecule has 1 fully saturated rings. The van der Waals surface area contributed by atoms with Crippen molar-refractivity contribution in [1.29, 1.82) is 0 Å². The summed E-state index contributed by atoms with van der Waals surface area (Å²) in [7, 11) is 0. The lowest BCUT2D eigenvalue weighted by Gasteiger charge is -2.27. The van der Waals surface area contributed by atoms with Crippen LogP contribution in [-0.2, 0) is 4.79 Å². The van der Waals surface area contributed by atoms with Crippen LogP contribution in [0.4, 0.5) is 0 Å². The second kappa shape index (κ2) is 2.20. The molecule has 2 rings (SSSR count). The second-order valence-electron chi connectivity index (χ2n) is 3.90. The SMILES string of the molecule is CC[C@]1(C=O)C[C@H]2C=C[C@@H]1C2. The lowest BCUT2D eigenvalue weighted by atomic mass is 9.75. The maximum atomic E-state index is 10.9. The molecule has 0 aromatic rings. The van der Waals surface area contributed by atoms with Crippen molar-refractivity contribution in [3.05, 3.63) is 12.2 Å². The predicted octanol–water partition coefficient (Wildman–Crippen LogP) is 2.18. The van der Waals surface area contributed by atoms with Crippen LogP contribution < -0.4 is 0 Å². The third-order valence-corrected chi connectivity index (χ3v) is 3.45. The van der Waals surface area contributed by atoms with E-state index in [-0.39, 0.29) is 5.41 Å². The molecule has 1 heteroatoms. The van der Waals surface area contributed by atoms with E-state index in [2.05, 4.69) is 19.1 Å². The van der Waals surface area contributed by atoms with Crippen LogP contribution in [0.3, 0.4) is 0 Å². The first kappa shape index (κ1) is 7.08. The zero-order valence-corrected chi connectivity index (χ0v) is 6.92. The van der Waals surface area contributed by atoms with E-state index in [0.717, 1.165) is 12.8 Å². The van der Waals surface area contributed by atoms with Crippen LogP contribution in [0, 0.1) is 17.3 Å². The lowest BCUT2D eigenvalue weighted by molar-refractivity contribution is -0.117. The van der Waals surface area contributed by atoms with Gasteiger partial charge in [0.2, 0.25) is 0 Å². The van der Waals surface area contributed by atoms with E-state index in [4.69, 9.17) is 0 Å². The van der Waals surface area contributed by atoms with Crippen molar-refractivity contribution in [2.75, 3.05) is 0 Å². The summed E-state index contributed by atoms with van der Waals surface area (Å²) in [6.07, 6.45) is 9.07. The molecule has 1 saturated carbocycles. The maximum Gasteiger partial charge on any atom is 0.126 e. The summed E-state index contributed by atoms with van der Waals surface area (Å²) >= 11 is 0. The van der Waals surface area contributed by atoms with Gasteiger partial charge in [-0.2, -0.15) is 0 Å². The number of allylic oxidation sites excluding steroid dienone is 2. The third-order valence-electron chi connectivity index (χ3n) is 3.45. The third kappa shape index (κ3) is 0.800. The van der Waals surface area contributed by atoms with E-state index in [1.165, 1.54) is 12.7 Å². The van der Waals surface area contributed by atoms with Crippen LogP contribution >= 0.6 is 0 Å². The summed E-state index contributed by atoms with van der Waals surface area (Å²) in [5.41, 5.74) is 0.0272. The van der Waals surface area contributed by atoms with Gasteiger partial charge in [-0.05, 0) is 31.1 Å². The fraction of sp³-hybridized carbons (Fsp3) is 0.700. The number of aldehydes is 1. The Kier molecular flexibility index (Phi) is 1.41. The number of carbonyl (C=O) groups excluding carboxylic acids is 1. The topological polar surface area (TPSA) is 17.1 Å². The quantitative estimate of drug-likeness (QED) is 0.435. The van der Waals surface area contributed by atoms with E-state index < -0.39 is 0 Å². The van der Waals surface area contributed by atoms with Gasteiger partial charge in [0.15, 0.2) is 0 Å². The molecule has 2 aliphatic carbocycles. The lowest BCUT2D eigenvalue weighted by Crippen LogP contribution is -2.26. The first-order chi connectivity index (χ1) is 5.30. The summed E-state index contributed by atoms with van der Waals surface area (Å²) in [4.78, 5) is 10.9. The van der Waals surface area contributed by atoms with Crippen molar-refractivity contribution in [2.45, 2.75) is 26.2 Å². The summed E-state index contributed by atoms with van der Waals surface area (Å²) < 4.78 is 0. The number of hydrogen-bond acceptors (Lipinski definition) is 1. The number of fused-ring (bicyclic) bond motifs is 2. The van der Waals surface area contributed by atoms with Crippen LogP contribution in [0.15, 0.2) is 12.2 Å². The van der Waals surface area contributed by atoms with E-state index >= 15 is 0 Å². The van der Waals surface area contributed by atoms with Crippen molar-refractivity contribution < 1.29 is 4.79 Å². The molecule has 0 radical (unpaired) electrons. The zero-order valence-electron chi connectivity index (χ0n) is 6.92. The molecule has 0 spiro atoms.